The maximum Gasteiger partial charge on any atom is 0.306 e. The number of nitrogens with one attached hydrogen (secondary N) is 1. The van der Waals surface area contributed by atoms with Crippen molar-refractivity contribution < 1.29 is 14.7 Å². The Balaban J connectivity index is 1.97. The van der Waals surface area contributed by atoms with Gasteiger partial charge in [-0.25, -0.2) is 0 Å². The first-order chi connectivity index (χ1) is 8.58. The van der Waals surface area contributed by atoms with Crippen LogP contribution in [-0.4, -0.2) is 23.0 Å². The van der Waals surface area contributed by atoms with Gasteiger partial charge in [-0.05, 0) is 31.4 Å². The molecule has 1 fully saturated rings. The van der Waals surface area contributed by atoms with Crippen LogP contribution in [0.1, 0.15) is 29.6 Å². The van der Waals surface area contributed by atoms with Gasteiger partial charge in [-0.1, -0.05) is 23.7 Å². The molecule has 0 radical (unpaired) electrons. The highest BCUT2D eigenvalue weighted by Crippen LogP contribution is 2.26. The summed E-state index contributed by atoms with van der Waals surface area (Å²) < 4.78 is 0. The average molecular weight is 268 g/mol. The number of benzene rings is 1. The largest absolute Gasteiger partial charge is 0.481 e. The van der Waals surface area contributed by atoms with E-state index in [2.05, 4.69) is 5.32 Å². The molecule has 5 heteroatoms. The van der Waals surface area contributed by atoms with Crippen molar-refractivity contribution >= 4 is 23.5 Å². The summed E-state index contributed by atoms with van der Waals surface area (Å²) in [4.78, 5) is 22.8. The number of rotatable bonds is 3. The summed E-state index contributed by atoms with van der Waals surface area (Å²) in [5.74, 6) is -1.37. The summed E-state index contributed by atoms with van der Waals surface area (Å²) in [5.41, 5.74) is 0.429. The van der Waals surface area contributed by atoms with E-state index in [0.717, 1.165) is 0 Å². The summed E-state index contributed by atoms with van der Waals surface area (Å²) in [5, 5.41) is 12.1. The zero-order valence-electron chi connectivity index (χ0n) is 9.73. The molecule has 18 heavy (non-hydrogen) atoms. The molecule has 1 aliphatic rings. The Morgan fingerprint density at radius 3 is 2.61 bits per heavy atom. The maximum atomic E-state index is 12.0. The van der Waals surface area contributed by atoms with Crippen molar-refractivity contribution in [3.63, 3.8) is 0 Å². The van der Waals surface area contributed by atoms with Crippen LogP contribution in [0, 0.1) is 5.92 Å². The summed E-state index contributed by atoms with van der Waals surface area (Å²) in [6.07, 6.45) is 1.81. The number of amides is 1. The van der Waals surface area contributed by atoms with Crippen LogP contribution in [0.25, 0.3) is 0 Å². The number of aliphatic carboxylic acids is 1. The van der Waals surface area contributed by atoms with Crippen molar-refractivity contribution in [2.24, 2.45) is 5.92 Å². The molecule has 0 saturated heterocycles. The average Bonchev–Trinajstić information content (AvgIpc) is 2.78. The molecule has 2 N–H and O–H groups in total. The molecule has 1 aromatic rings. The molecule has 2 atom stereocenters. The third-order valence-corrected chi connectivity index (χ3v) is 3.57. The number of halogens is 1. The Bertz CT molecular complexity index is 475. The van der Waals surface area contributed by atoms with E-state index in [4.69, 9.17) is 16.7 Å². The summed E-state index contributed by atoms with van der Waals surface area (Å²) in [6.45, 7) is 0. The van der Waals surface area contributed by atoms with Gasteiger partial charge < -0.3 is 10.4 Å². The van der Waals surface area contributed by atoms with Crippen LogP contribution >= 0.6 is 11.6 Å². The predicted molar refractivity (Wildman–Crippen MR) is 67.7 cm³/mol. The van der Waals surface area contributed by atoms with E-state index in [1.807, 2.05) is 0 Å². The molecule has 0 aromatic heterocycles. The van der Waals surface area contributed by atoms with E-state index in [0.29, 0.717) is 29.8 Å². The lowest BCUT2D eigenvalue weighted by atomic mass is 10.1. The van der Waals surface area contributed by atoms with Gasteiger partial charge in [0.15, 0.2) is 0 Å². The summed E-state index contributed by atoms with van der Waals surface area (Å²) in [6, 6.07) is 6.74. The smallest absolute Gasteiger partial charge is 0.306 e. The van der Waals surface area contributed by atoms with Gasteiger partial charge in [-0.2, -0.15) is 0 Å². The fourth-order valence-corrected chi connectivity index (χ4v) is 2.47. The molecule has 1 aromatic carbocycles. The highest BCUT2D eigenvalue weighted by atomic mass is 35.5. The molecule has 0 spiro atoms. The molecule has 4 nitrogen and oxygen atoms in total. The quantitative estimate of drug-likeness (QED) is 0.883. The van der Waals surface area contributed by atoms with Crippen molar-refractivity contribution in [3.8, 4) is 0 Å². The van der Waals surface area contributed by atoms with Gasteiger partial charge in [0.1, 0.15) is 0 Å². The van der Waals surface area contributed by atoms with Gasteiger partial charge in [0.25, 0.3) is 5.91 Å². The third-order valence-electron chi connectivity index (χ3n) is 3.24. The molecule has 0 bridgehead atoms. The van der Waals surface area contributed by atoms with Crippen LogP contribution in [0.5, 0.6) is 0 Å². The van der Waals surface area contributed by atoms with Crippen LogP contribution in [-0.2, 0) is 4.79 Å². The second-order valence-electron chi connectivity index (χ2n) is 4.50. The first kappa shape index (κ1) is 12.9. The Morgan fingerprint density at radius 2 is 2.00 bits per heavy atom. The Morgan fingerprint density at radius 1 is 1.28 bits per heavy atom. The predicted octanol–water partition coefficient (Wildman–Crippen LogP) is 2.32. The molecular weight excluding hydrogens is 254 g/mol. The van der Waals surface area contributed by atoms with Gasteiger partial charge in [0.2, 0.25) is 0 Å². The van der Waals surface area contributed by atoms with Crippen molar-refractivity contribution in [1.82, 2.24) is 5.32 Å². The lowest BCUT2D eigenvalue weighted by Crippen LogP contribution is -2.33. The molecule has 0 heterocycles. The molecule has 96 valence electrons. The van der Waals surface area contributed by atoms with Crippen molar-refractivity contribution in [3.05, 3.63) is 34.9 Å². The SMILES string of the molecule is O=C(N[C@H]1CC[C@@H](C(=O)O)C1)c1ccccc1Cl. The highest BCUT2D eigenvalue weighted by Gasteiger charge is 2.30. The van der Waals surface area contributed by atoms with Gasteiger partial charge >= 0.3 is 5.97 Å². The topological polar surface area (TPSA) is 66.4 Å². The molecular formula is C13H14ClNO3. The third kappa shape index (κ3) is 2.82. The van der Waals surface area contributed by atoms with Crippen LogP contribution in [0.3, 0.4) is 0 Å². The Kier molecular flexibility index (Phi) is 3.87. The molecule has 0 aliphatic heterocycles. The lowest BCUT2D eigenvalue weighted by molar-refractivity contribution is -0.141. The first-order valence-electron chi connectivity index (χ1n) is 5.86. The molecule has 0 unspecified atom stereocenters. The fraction of sp³-hybridized carbons (Fsp3) is 0.385. The van der Waals surface area contributed by atoms with Crippen molar-refractivity contribution in [1.29, 1.82) is 0 Å². The van der Waals surface area contributed by atoms with Crippen LogP contribution < -0.4 is 5.32 Å². The van der Waals surface area contributed by atoms with E-state index in [-0.39, 0.29) is 17.9 Å². The van der Waals surface area contributed by atoms with Crippen molar-refractivity contribution in [2.45, 2.75) is 25.3 Å². The number of hydrogen-bond donors (Lipinski definition) is 2. The van der Waals surface area contributed by atoms with Crippen molar-refractivity contribution in [2.75, 3.05) is 0 Å². The first-order valence-corrected chi connectivity index (χ1v) is 6.24. The Labute approximate surface area is 110 Å². The number of carboxylic acid groups (broad SMARTS) is 1. The van der Waals surface area contributed by atoms with E-state index < -0.39 is 5.97 Å². The molecule has 2 rings (SSSR count). The van der Waals surface area contributed by atoms with Gasteiger partial charge in [0.05, 0.1) is 16.5 Å². The molecule has 1 saturated carbocycles. The number of carbonyl (C=O) groups is 2. The van der Waals surface area contributed by atoms with Gasteiger partial charge in [-0.15, -0.1) is 0 Å². The zero-order chi connectivity index (χ0) is 13.1. The normalized spacial score (nSPS) is 22.7. The summed E-state index contributed by atoms with van der Waals surface area (Å²) >= 11 is 5.93. The highest BCUT2D eigenvalue weighted by molar-refractivity contribution is 6.33. The number of carbonyl (C=O) groups excluding carboxylic acids is 1. The monoisotopic (exact) mass is 267 g/mol. The summed E-state index contributed by atoms with van der Waals surface area (Å²) in [7, 11) is 0. The van der Waals surface area contributed by atoms with Gasteiger partial charge in [-0.3, -0.25) is 9.59 Å². The molecule has 1 amide bonds. The van der Waals surface area contributed by atoms with Gasteiger partial charge in [0, 0.05) is 6.04 Å². The van der Waals surface area contributed by atoms with E-state index in [9.17, 15) is 9.59 Å². The second kappa shape index (κ2) is 5.40. The maximum absolute atomic E-state index is 12.0. The standard InChI is InChI=1S/C13H14ClNO3/c14-11-4-2-1-3-10(11)12(16)15-9-6-5-8(7-9)13(17)18/h1-4,8-9H,5-7H2,(H,15,16)(H,17,18)/t8-,9+/m1/s1. The Hall–Kier alpha value is -1.55. The minimum Gasteiger partial charge on any atom is -0.481 e. The molecule has 1 aliphatic carbocycles. The fourth-order valence-electron chi connectivity index (χ4n) is 2.25. The minimum absolute atomic E-state index is 0.0742. The van der Waals surface area contributed by atoms with E-state index in [1.165, 1.54) is 0 Å². The van der Waals surface area contributed by atoms with Crippen LogP contribution in [0.4, 0.5) is 0 Å². The minimum atomic E-state index is -0.788. The number of carboxylic acids is 1. The van der Waals surface area contributed by atoms with Crippen LogP contribution in [0.15, 0.2) is 24.3 Å². The van der Waals surface area contributed by atoms with E-state index >= 15 is 0 Å². The zero-order valence-corrected chi connectivity index (χ0v) is 10.5. The lowest BCUT2D eigenvalue weighted by Gasteiger charge is -2.13. The number of hydrogen-bond acceptors (Lipinski definition) is 2. The second-order valence-corrected chi connectivity index (χ2v) is 4.91. The van der Waals surface area contributed by atoms with E-state index in [1.54, 1.807) is 24.3 Å². The van der Waals surface area contributed by atoms with Crippen LogP contribution in [0.2, 0.25) is 5.02 Å².